The molecule has 35 heavy (non-hydrogen) atoms. The van der Waals surface area contributed by atoms with Crippen molar-refractivity contribution in [2.75, 3.05) is 52.5 Å². The fraction of sp³-hybridized carbons (Fsp3) is 0.481. The Morgan fingerprint density at radius 2 is 1.71 bits per heavy atom. The number of amides is 2. The van der Waals surface area contributed by atoms with Gasteiger partial charge in [0.15, 0.2) is 0 Å². The van der Waals surface area contributed by atoms with Crippen LogP contribution in [-0.4, -0.2) is 85.4 Å². The lowest BCUT2D eigenvalue weighted by molar-refractivity contribution is -0.139. The van der Waals surface area contributed by atoms with E-state index in [9.17, 15) is 14.7 Å². The van der Waals surface area contributed by atoms with Crippen LogP contribution in [0.15, 0.2) is 48.5 Å². The van der Waals surface area contributed by atoms with Crippen LogP contribution in [0.1, 0.15) is 24.8 Å². The first-order chi connectivity index (χ1) is 17.1. The van der Waals surface area contributed by atoms with E-state index in [0.29, 0.717) is 19.7 Å². The number of ether oxygens (including phenoxy) is 2. The second-order valence-electron chi connectivity index (χ2n) is 9.02. The number of hydrogen-bond donors (Lipinski definition) is 2. The molecule has 2 saturated heterocycles. The van der Waals surface area contributed by atoms with Gasteiger partial charge >= 0.3 is 0 Å². The number of hydrogen-bond acceptors (Lipinski definition) is 6. The number of aliphatic hydroxyl groups is 1. The molecule has 4 rings (SSSR count). The summed E-state index contributed by atoms with van der Waals surface area (Å²) in [6, 6.07) is 15.9. The van der Waals surface area contributed by atoms with Crippen molar-refractivity contribution in [1.82, 2.24) is 15.1 Å². The van der Waals surface area contributed by atoms with Gasteiger partial charge in [0.1, 0.15) is 18.5 Å². The molecule has 0 radical (unpaired) electrons. The smallest absolute Gasteiger partial charge is 0.249 e. The van der Waals surface area contributed by atoms with Crippen LogP contribution in [0.2, 0.25) is 0 Å². The molecule has 0 bridgehead atoms. The lowest BCUT2D eigenvalue weighted by Gasteiger charge is -2.26. The average Bonchev–Trinajstić information content (AvgIpc) is 3.44. The quantitative estimate of drug-likeness (QED) is 0.540. The first kappa shape index (κ1) is 25.2. The van der Waals surface area contributed by atoms with Crippen molar-refractivity contribution in [3.05, 3.63) is 54.1 Å². The number of carbonyl (C=O) groups is 2. The molecule has 2 N–H and O–H groups in total. The lowest BCUT2D eigenvalue weighted by atomic mass is 10.0. The van der Waals surface area contributed by atoms with Crippen LogP contribution >= 0.6 is 0 Å². The van der Waals surface area contributed by atoms with Crippen molar-refractivity contribution >= 4 is 11.8 Å². The van der Waals surface area contributed by atoms with Gasteiger partial charge in [-0.2, -0.15) is 0 Å². The monoisotopic (exact) mass is 481 g/mol. The second kappa shape index (κ2) is 12.7. The van der Waals surface area contributed by atoms with E-state index in [4.69, 9.17) is 9.47 Å². The number of benzene rings is 2. The molecular weight excluding hydrogens is 446 g/mol. The Labute approximate surface area is 206 Å². The standard InChI is InChI=1S/C27H35N3O5/c31-24(19-26(32)30-11-3-4-12-30)27(33)28-20-21-7-9-22(10-8-21)23-5-1-2-6-25(23)35-18-15-29-13-16-34-17-14-29/h1-2,5-10,24,31H,3-4,11-20H2,(H,28,33)/t24-/m1/s1. The summed E-state index contributed by atoms with van der Waals surface area (Å²) in [6.07, 6.45) is 0.459. The molecule has 2 aliphatic heterocycles. The van der Waals surface area contributed by atoms with E-state index in [1.807, 2.05) is 48.5 Å². The lowest BCUT2D eigenvalue weighted by Crippen LogP contribution is -2.39. The Morgan fingerprint density at radius 1 is 1.00 bits per heavy atom. The van der Waals surface area contributed by atoms with Gasteiger partial charge in [-0.25, -0.2) is 0 Å². The maximum atomic E-state index is 12.3. The van der Waals surface area contributed by atoms with E-state index in [1.165, 1.54) is 0 Å². The summed E-state index contributed by atoms with van der Waals surface area (Å²) in [7, 11) is 0. The van der Waals surface area contributed by atoms with Gasteiger partial charge in [-0.3, -0.25) is 14.5 Å². The topological polar surface area (TPSA) is 91.3 Å². The van der Waals surface area contributed by atoms with Gasteiger partial charge in [-0.05, 0) is 30.0 Å². The molecule has 2 fully saturated rings. The number of aliphatic hydroxyl groups excluding tert-OH is 1. The zero-order chi connectivity index (χ0) is 24.5. The third-order valence-electron chi connectivity index (χ3n) is 6.52. The second-order valence-corrected chi connectivity index (χ2v) is 9.02. The van der Waals surface area contributed by atoms with Crippen molar-refractivity contribution in [2.45, 2.75) is 31.9 Å². The van der Waals surface area contributed by atoms with Crippen molar-refractivity contribution in [1.29, 1.82) is 0 Å². The van der Waals surface area contributed by atoms with Crippen molar-refractivity contribution in [2.24, 2.45) is 0 Å². The molecule has 8 nitrogen and oxygen atoms in total. The van der Waals surface area contributed by atoms with E-state index < -0.39 is 12.0 Å². The minimum atomic E-state index is -1.33. The highest BCUT2D eigenvalue weighted by Crippen LogP contribution is 2.30. The molecule has 0 unspecified atom stereocenters. The van der Waals surface area contributed by atoms with Gasteiger partial charge in [0, 0.05) is 44.8 Å². The Kier molecular flexibility index (Phi) is 9.11. The third kappa shape index (κ3) is 7.27. The number of nitrogens with zero attached hydrogens (tertiary/aromatic N) is 2. The van der Waals surface area contributed by atoms with Crippen LogP contribution in [0.5, 0.6) is 5.75 Å². The Bertz CT molecular complexity index is 969. The minimum Gasteiger partial charge on any atom is -0.492 e. The van der Waals surface area contributed by atoms with E-state index in [2.05, 4.69) is 10.2 Å². The molecule has 2 aromatic carbocycles. The first-order valence-electron chi connectivity index (χ1n) is 12.4. The molecule has 2 heterocycles. The summed E-state index contributed by atoms with van der Waals surface area (Å²) in [5, 5.41) is 12.8. The maximum absolute atomic E-state index is 12.3. The van der Waals surface area contributed by atoms with Crippen LogP contribution in [0.25, 0.3) is 11.1 Å². The SMILES string of the molecule is O=C(NCc1ccc(-c2ccccc2OCCN2CCOCC2)cc1)[C@H](O)CC(=O)N1CCCC1. The summed E-state index contributed by atoms with van der Waals surface area (Å²) in [5.74, 6) is 0.147. The van der Waals surface area contributed by atoms with Crippen LogP contribution in [0.4, 0.5) is 0 Å². The molecule has 188 valence electrons. The minimum absolute atomic E-state index is 0.166. The highest BCUT2D eigenvalue weighted by atomic mass is 16.5. The van der Waals surface area contributed by atoms with Crippen molar-refractivity contribution in [3.63, 3.8) is 0 Å². The Morgan fingerprint density at radius 3 is 2.46 bits per heavy atom. The van der Waals surface area contributed by atoms with E-state index in [0.717, 1.165) is 68.1 Å². The number of nitrogens with one attached hydrogen (secondary N) is 1. The Hall–Kier alpha value is -2.94. The zero-order valence-electron chi connectivity index (χ0n) is 20.2. The van der Waals surface area contributed by atoms with Crippen LogP contribution < -0.4 is 10.1 Å². The van der Waals surface area contributed by atoms with Crippen molar-refractivity contribution in [3.8, 4) is 16.9 Å². The van der Waals surface area contributed by atoms with Crippen LogP contribution in [0, 0.1) is 0 Å². The molecule has 0 saturated carbocycles. The molecule has 2 amide bonds. The first-order valence-corrected chi connectivity index (χ1v) is 12.4. The molecule has 0 spiro atoms. The van der Waals surface area contributed by atoms with E-state index in [1.54, 1.807) is 4.90 Å². The molecule has 2 aliphatic rings. The molecule has 0 aliphatic carbocycles. The highest BCUT2D eigenvalue weighted by Gasteiger charge is 2.24. The van der Waals surface area contributed by atoms with Gasteiger partial charge in [0.2, 0.25) is 11.8 Å². The van der Waals surface area contributed by atoms with Gasteiger partial charge in [-0.15, -0.1) is 0 Å². The van der Waals surface area contributed by atoms with Gasteiger partial charge < -0.3 is 24.8 Å². The Balaban J connectivity index is 1.27. The summed E-state index contributed by atoms with van der Waals surface area (Å²) in [4.78, 5) is 28.5. The highest BCUT2D eigenvalue weighted by molar-refractivity contribution is 5.87. The fourth-order valence-electron chi connectivity index (χ4n) is 4.40. The number of morpholine rings is 1. The zero-order valence-corrected chi connectivity index (χ0v) is 20.2. The molecule has 8 heteroatoms. The van der Waals surface area contributed by atoms with Gasteiger partial charge in [-0.1, -0.05) is 42.5 Å². The summed E-state index contributed by atoms with van der Waals surface area (Å²) < 4.78 is 11.5. The number of likely N-dealkylation sites (tertiary alicyclic amines) is 1. The normalized spacial score (nSPS) is 17.2. The molecule has 2 aromatic rings. The molecule has 1 atom stereocenters. The predicted octanol–water partition coefficient (Wildman–Crippen LogP) is 2.05. The summed E-state index contributed by atoms with van der Waals surface area (Å²) >= 11 is 0. The van der Waals surface area contributed by atoms with Gasteiger partial charge in [0.25, 0.3) is 0 Å². The van der Waals surface area contributed by atoms with Crippen LogP contribution in [0.3, 0.4) is 0 Å². The summed E-state index contributed by atoms with van der Waals surface area (Å²) in [5.41, 5.74) is 2.95. The predicted molar refractivity (Wildman–Crippen MR) is 133 cm³/mol. The molecular formula is C27H35N3O5. The van der Waals surface area contributed by atoms with Crippen molar-refractivity contribution < 1.29 is 24.2 Å². The summed E-state index contributed by atoms with van der Waals surface area (Å²) in [6.45, 7) is 6.62. The number of rotatable bonds is 10. The van der Waals surface area contributed by atoms with Gasteiger partial charge in [0.05, 0.1) is 19.6 Å². The average molecular weight is 482 g/mol. The van der Waals surface area contributed by atoms with Crippen LogP contribution in [-0.2, 0) is 20.9 Å². The number of carbonyl (C=O) groups excluding carboxylic acids is 2. The molecule has 0 aromatic heterocycles. The largest absolute Gasteiger partial charge is 0.492 e. The van der Waals surface area contributed by atoms with E-state index >= 15 is 0 Å². The van der Waals surface area contributed by atoms with E-state index in [-0.39, 0.29) is 18.9 Å². The fourth-order valence-corrected chi connectivity index (χ4v) is 4.40. The maximum Gasteiger partial charge on any atom is 0.249 e. The third-order valence-corrected chi connectivity index (χ3v) is 6.52. The number of para-hydroxylation sites is 1.